The van der Waals surface area contributed by atoms with E-state index in [4.69, 9.17) is 22.2 Å². The molecule has 0 saturated heterocycles. The molecule has 0 radical (unpaired) electrons. The summed E-state index contributed by atoms with van der Waals surface area (Å²) in [7, 11) is 0. The Labute approximate surface area is 120 Å². The molecule has 0 spiro atoms. The Morgan fingerprint density at radius 2 is 2.15 bits per heavy atom. The Hall–Kier alpha value is -1.79. The molecule has 2 unspecified atom stereocenters. The normalized spacial score (nSPS) is 13.3. The lowest BCUT2D eigenvalue weighted by molar-refractivity contribution is -0.136. The van der Waals surface area contributed by atoms with Crippen molar-refractivity contribution in [1.82, 2.24) is 0 Å². The SMILES string of the molecule is [N-]=[N+]=NCCC(O)C(O)c1ccc(Cl)c(CC(=O)O)c1. The molecule has 108 valence electrons. The van der Waals surface area contributed by atoms with Crippen LogP contribution in [0.5, 0.6) is 0 Å². The predicted octanol–water partition coefficient (Wildman–Crippen LogP) is 2.06. The number of aliphatic hydroxyl groups excluding tert-OH is 2. The number of aliphatic hydroxyl groups is 2. The number of rotatable bonds is 7. The maximum atomic E-state index is 10.7. The second kappa shape index (κ2) is 7.72. The average molecular weight is 300 g/mol. The summed E-state index contributed by atoms with van der Waals surface area (Å²) in [4.78, 5) is 13.2. The van der Waals surface area contributed by atoms with Crippen LogP contribution in [0.25, 0.3) is 10.4 Å². The minimum Gasteiger partial charge on any atom is -0.481 e. The topological polar surface area (TPSA) is 127 Å². The number of azide groups is 1. The van der Waals surface area contributed by atoms with Gasteiger partial charge in [0, 0.05) is 16.5 Å². The number of nitrogens with zero attached hydrogens (tertiary/aromatic N) is 3. The Balaban J connectivity index is 2.84. The van der Waals surface area contributed by atoms with Gasteiger partial charge in [0.15, 0.2) is 0 Å². The van der Waals surface area contributed by atoms with Crippen LogP contribution in [0.3, 0.4) is 0 Å². The molecule has 0 aliphatic heterocycles. The number of hydrogen-bond acceptors (Lipinski definition) is 4. The lowest BCUT2D eigenvalue weighted by Gasteiger charge is -2.18. The Kier molecular flexibility index (Phi) is 6.27. The Bertz CT molecular complexity index is 531. The standard InChI is InChI=1S/C12H14ClN3O4/c13-9-2-1-7(5-8(9)6-11(18)19)12(20)10(17)3-4-15-16-14/h1-2,5,10,12,17,20H,3-4,6H2,(H,18,19). The van der Waals surface area contributed by atoms with Crippen LogP contribution in [0.15, 0.2) is 23.3 Å². The quantitative estimate of drug-likeness (QED) is 0.404. The number of carbonyl (C=O) groups is 1. The van der Waals surface area contributed by atoms with Crippen molar-refractivity contribution in [3.63, 3.8) is 0 Å². The van der Waals surface area contributed by atoms with Crippen LogP contribution in [-0.2, 0) is 11.2 Å². The van der Waals surface area contributed by atoms with Crippen LogP contribution in [0, 0.1) is 0 Å². The van der Waals surface area contributed by atoms with Gasteiger partial charge < -0.3 is 15.3 Å². The van der Waals surface area contributed by atoms with Crippen molar-refractivity contribution in [1.29, 1.82) is 0 Å². The zero-order valence-electron chi connectivity index (χ0n) is 10.5. The lowest BCUT2D eigenvalue weighted by atomic mass is 9.99. The van der Waals surface area contributed by atoms with E-state index < -0.39 is 18.2 Å². The summed E-state index contributed by atoms with van der Waals surface area (Å²) in [5, 5.41) is 32.0. The third kappa shape index (κ3) is 4.71. The molecule has 7 nitrogen and oxygen atoms in total. The number of aliphatic carboxylic acids is 1. The molecule has 1 rings (SSSR count). The number of hydrogen-bond donors (Lipinski definition) is 3. The van der Waals surface area contributed by atoms with Crippen LogP contribution < -0.4 is 0 Å². The summed E-state index contributed by atoms with van der Waals surface area (Å²) in [6, 6.07) is 4.42. The number of carboxylic acids is 1. The van der Waals surface area contributed by atoms with E-state index in [-0.39, 0.29) is 24.4 Å². The van der Waals surface area contributed by atoms with Crippen molar-refractivity contribution in [2.24, 2.45) is 5.11 Å². The fourth-order valence-corrected chi connectivity index (χ4v) is 1.88. The fraction of sp³-hybridized carbons (Fsp3) is 0.417. The molecule has 8 heteroatoms. The fourth-order valence-electron chi connectivity index (χ4n) is 1.69. The number of carboxylic acid groups (broad SMARTS) is 1. The minimum absolute atomic E-state index is 0.0598. The van der Waals surface area contributed by atoms with E-state index in [1.54, 1.807) is 0 Å². The van der Waals surface area contributed by atoms with E-state index in [0.717, 1.165) is 0 Å². The molecule has 0 bridgehead atoms. The van der Waals surface area contributed by atoms with Crippen LogP contribution >= 0.6 is 11.6 Å². The molecule has 1 aromatic rings. The molecule has 0 heterocycles. The van der Waals surface area contributed by atoms with Gasteiger partial charge in [0.05, 0.1) is 12.5 Å². The summed E-state index contributed by atoms with van der Waals surface area (Å²) in [6.07, 6.45) is -2.48. The highest BCUT2D eigenvalue weighted by molar-refractivity contribution is 6.31. The first-order valence-corrected chi connectivity index (χ1v) is 6.20. The second-order valence-corrected chi connectivity index (χ2v) is 4.58. The van der Waals surface area contributed by atoms with Gasteiger partial charge in [0.2, 0.25) is 0 Å². The molecule has 20 heavy (non-hydrogen) atoms. The van der Waals surface area contributed by atoms with Crippen molar-refractivity contribution in [2.45, 2.75) is 25.0 Å². The molecular weight excluding hydrogens is 286 g/mol. The van der Waals surface area contributed by atoms with Crippen LogP contribution in [0.1, 0.15) is 23.7 Å². The van der Waals surface area contributed by atoms with E-state index in [9.17, 15) is 15.0 Å². The average Bonchev–Trinajstić information content (AvgIpc) is 2.40. The summed E-state index contributed by atoms with van der Waals surface area (Å²) < 4.78 is 0. The van der Waals surface area contributed by atoms with Crippen molar-refractivity contribution in [3.8, 4) is 0 Å². The lowest BCUT2D eigenvalue weighted by Crippen LogP contribution is -2.19. The van der Waals surface area contributed by atoms with Crippen LogP contribution in [0.2, 0.25) is 5.02 Å². The molecule has 0 amide bonds. The minimum atomic E-state index is -1.20. The van der Waals surface area contributed by atoms with Gasteiger partial charge in [0.1, 0.15) is 6.10 Å². The van der Waals surface area contributed by atoms with Crippen molar-refractivity contribution >= 4 is 17.6 Å². The van der Waals surface area contributed by atoms with Gasteiger partial charge in [0.25, 0.3) is 0 Å². The third-order valence-corrected chi connectivity index (χ3v) is 3.07. The molecule has 1 aromatic carbocycles. The third-order valence-electron chi connectivity index (χ3n) is 2.71. The molecule has 0 aliphatic carbocycles. The molecular formula is C12H14ClN3O4. The summed E-state index contributed by atoms with van der Waals surface area (Å²) in [5.74, 6) is -1.04. The first-order chi connectivity index (χ1) is 9.45. The highest BCUT2D eigenvalue weighted by Crippen LogP contribution is 2.25. The van der Waals surface area contributed by atoms with E-state index in [2.05, 4.69) is 10.0 Å². The molecule has 0 fully saturated rings. The monoisotopic (exact) mass is 299 g/mol. The Morgan fingerprint density at radius 1 is 1.45 bits per heavy atom. The van der Waals surface area contributed by atoms with Crippen LogP contribution in [-0.4, -0.2) is 33.9 Å². The Morgan fingerprint density at radius 3 is 2.75 bits per heavy atom. The molecule has 0 aromatic heterocycles. The van der Waals surface area contributed by atoms with Crippen molar-refractivity contribution in [2.75, 3.05) is 6.54 Å². The number of halogens is 1. The van der Waals surface area contributed by atoms with Gasteiger partial charge in [-0.25, -0.2) is 0 Å². The van der Waals surface area contributed by atoms with Crippen LogP contribution in [0.4, 0.5) is 0 Å². The van der Waals surface area contributed by atoms with Gasteiger partial charge in [-0.3, -0.25) is 4.79 Å². The zero-order chi connectivity index (χ0) is 15.1. The smallest absolute Gasteiger partial charge is 0.307 e. The molecule has 2 atom stereocenters. The summed E-state index contributed by atoms with van der Waals surface area (Å²) >= 11 is 5.86. The number of benzene rings is 1. The maximum absolute atomic E-state index is 10.7. The van der Waals surface area contributed by atoms with Gasteiger partial charge in [-0.15, -0.1) is 0 Å². The first-order valence-electron chi connectivity index (χ1n) is 5.82. The van der Waals surface area contributed by atoms with Gasteiger partial charge in [-0.1, -0.05) is 28.8 Å². The highest BCUT2D eigenvalue weighted by atomic mass is 35.5. The maximum Gasteiger partial charge on any atom is 0.307 e. The highest BCUT2D eigenvalue weighted by Gasteiger charge is 2.19. The van der Waals surface area contributed by atoms with E-state index in [1.807, 2.05) is 0 Å². The van der Waals surface area contributed by atoms with Crippen molar-refractivity contribution < 1.29 is 20.1 Å². The van der Waals surface area contributed by atoms with Gasteiger partial charge in [-0.2, -0.15) is 0 Å². The van der Waals surface area contributed by atoms with Gasteiger partial charge in [-0.05, 0) is 29.1 Å². The largest absolute Gasteiger partial charge is 0.481 e. The molecule has 0 aliphatic rings. The van der Waals surface area contributed by atoms with E-state index >= 15 is 0 Å². The molecule has 3 N–H and O–H groups in total. The van der Waals surface area contributed by atoms with E-state index in [1.165, 1.54) is 18.2 Å². The summed E-state index contributed by atoms with van der Waals surface area (Å²) in [5.41, 5.74) is 8.85. The predicted molar refractivity (Wildman–Crippen MR) is 72.4 cm³/mol. The van der Waals surface area contributed by atoms with E-state index in [0.29, 0.717) is 11.1 Å². The van der Waals surface area contributed by atoms with Crippen molar-refractivity contribution in [3.05, 3.63) is 44.8 Å². The summed E-state index contributed by atoms with van der Waals surface area (Å²) in [6.45, 7) is 0.0598. The zero-order valence-corrected chi connectivity index (χ0v) is 11.2. The second-order valence-electron chi connectivity index (χ2n) is 4.18. The molecule has 0 saturated carbocycles. The first kappa shape index (κ1) is 16.3. The van der Waals surface area contributed by atoms with Gasteiger partial charge >= 0.3 is 5.97 Å².